The van der Waals surface area contributed by atoms with E-state index >= 15 is 0 Å². The number of carbonyl (C=O) groups is 2. The van der Waals surface area contributed by atoms with Crippen molar-refractivity contribution in [3.8, 4) is 5.75 Å². The molecule has 0 saturated carbocycles. The molecule has 0 bridgehead atoms. The van der Waals surface area contributed by atoms with E-state index in [4.69, 9.17) is 14.9 Å². The number of carboxylic acids is 2. The average molecular weight is 248 g/mol. The van der Waals surface area contributed by atoms with E-state index in [1.165, 1.54) is 7.11 Å². The second-order valence-electron chi connectivity index (χ2n) is 4.00. The third kappa shape index (κ3) is 1.84. The SMILES string of the molecule is COc1cccc2c1C=CC2C(C(=O)O)C(=O)O. The Morgan fingerprint density at radius 1 is 1.28 bits per heavy atom. The first-order chi connectivity index (χ1) is 8.56. The number of carboxylic acid groups (broad SMARTS) is 2. The summed E-state index contributed by atoms with van der Waals surface area (Å²) in [6.07, 6.45) is 3.30. The fourth-order valence-corrected chi connectivity index (χ4v) is 2.22. The molecule has 2 N–H and O–H groups in total. The zero-order chi connectivity index (χ0) is 13.3. The summed E-state index contributed by atoms with van der Waals surface area (Å²) in [5.74, 6) is -4.21. The van der Waals surface area contributed by atoms with Gasteiger partial charge in [0.15, 0.2) is 5.92 Å². The van der Waals surface area contributed by atoms with Gasteiger partial charge in [-0.15, -0.1) is 0 Å². The van der Waals surface area contributed by atoms with E-state index in [0.717, 1.165) is 5.56 Å². The second kappa shape index (κ2) is 4.52. The van der Waals surface area contributed by atoms with Crippen LogP contribution in [0.25, 0.3) is 6.08 Å². The topological polar surface area (TPSA) is 83.8 Å². The second-order valence-corrected chi connectivity index (χ2v) is 4.00. The Kier molecular flexibility index (Phi) is 3.06. The lowest BCUT2D eigenvalue weighted by atomic mass is 9.87. The van der Waals surface area contributed by atoms with E-state index in [1.807, 2.05) is 0 Å². The van der Waals surface area contributed by atoms with E-state index in [2.05, 4.69) is 0 Å². The van der Waals surface area contributed by atoms with Crippen LogP contribution in [-0.4, -0.2) is 29.3 Å². The maximum Gasteiger partial charge on any atom is 0.318 e. The maximum atomic E-state index is 11.0. The van der Waals surface area contributed by atoms with Crippen molar-refractivity contribution < 1.29 is 24.5 Å². The molecule has 0 aliphatic heterocycles. The number of fused-ring (bicyclic) bond motifs is 1. The molecule has 0 radical (unpaired) electrons. The molecule has 1 unspecified atom stereocenters. The van der Waals surface area contributed by atoms with E-state index < -0.39 is 23.8 Å². The smallest absolute Gasteiger partial charge is 0.318 e. The molecule has 0 saturated heterocycles. The molecule has 1 aromatic carbocycles. The Bertz CT molecular complexity index is 518. The Hall–Kier alpha value is -2.30. The van der Waals surface area contributed by atoms with Gasteiger partial charge in [-0.1, -0.05) is 24.3 Å². The molecule has 0 amide bonds. The van der Waals surface area contributed by atoms with Crippen molar-refractivity contribution in [1.82, 2.24) is 0 Å². The van der Waals surface area contributed by atoms with Crippen molar-refractivity contribution in [1.29, 1.82) is 0 Å². The van der Waals surface area contributed by atoms with E-state index in [-0.39, 0.29) is 0 Å². The fourth-order valence-electron chi connectivity index (χ4n) is 2.22. The predicted octanol–water partition coefficient (Wildman–Crippen LogP) is 1.59. The summed E-state index contributed by atoms with van der Waals surface area (Å²) in [5, 5.41) is 18.0. The molecule has 0 fully saturated rings. The summed E-state index contributed by atoms with van der Waals surface area (Å²) >= 11 is 0. The van der Waals surface area contributed by atoms with Gasteiger partial charge in [-0.3, -0.25) is 9.59 Å². The van der Waals surface area contributed by atoms with Gasteiger partial charge in [-0.25, -0.2) is 0 Å². The van der Waals surface area contributed by atoms with Crippen LogP contribution in [0.5, 0.6) is 5.75 Å². The Morgan fingerprint density at radius 2 is 1.94 bits per heavy atom. The molecule has 0 heterocycles. The first kappa shape index (κ1) is 12.2. The number of benzene rings is 1. The van der Waals surface area contributed by atoms with Crippen molar-refractivity contribution in [2.24, 2.45) is 5.92 Å². The highest BCUT2D eigenvalue weighted by molar-refractivity contribution is 5.95. The lowest BCUT2D eigenvalue weighted by Gasteiger charge is -2.16. The number of ether oxygens (including phenoxy) is 1. The largest absolute Gasteiger partial charge is 0.496 e. The van der Waals surface area contributed by atoms with Gasteiger partial charge in [0.1, 0.15) is 5.75 Å². The molecule has 0 aromatic heterocycles. The van der Waals surface area contributed by atoms with Crippen molar-refractivity contribution in [2.75, 3.05) is 7.11 Å². The fraction of sp³-hybridized carbons (Fsp3) is 0.231. The highest BCUT2D eigenvalue weighted by Gasteiger charge is 2.37. The summed E-state index contributed by atoms with van der Waals surface area (Å²) in [6.45, 7) is 0. The highest BCUT2D eigenvalue weighted by Crippen LogP contribution is 2.40. The van der Waals surface area contributed by atoms with Crippen LogP contribution in [-0.2, 0) is 9.59 Å². The molecule has 1 aliphatic rings. The minimum atomic E-state index is -1.48. The minimum Gasteiger partial charge on any atom is -0.496 e. The van der Waals surface area contributed by atoms with Gasteiger partial charge in [0, 0.05) is 11.5 Å². The van der Waals surface area contributed by atoms with Crippen molar-refractivity contribution >= 4 is 18.0 Å². The Morgan fingerprint density at radius 3 is 2.50 bits per heavy atom. The molecular weight excluding hydrogens is 236 g/mol. The highest BCUT2D eigenvalue weighted by atomic mass is 16.5. The van der Waals surface area contributed by atoms with E-state index in [9.17, 15) is 9.59 Å². The van der Waals surface area contributed by atoms with Crippen LogP contribution in [0.1, 0.15) is 17.0 Å². The van der Waals surface area contributed by atoms with Gasteiger partial charge in [0.25, 0.3) is 0 Å². The van der Waals surface area contributed by atoms with Crippen LogP contribution < -0.4 is 4.74 Å². The van der Waals surface area contributed by atoms with Crippen molar-refractivity contribution in [3.63, 3.8) is 0 Å². The lowest BCUT2D eigenvalue weighted by Crippen LogP contribution is -2.28. The average Bonchev–Trinajstić information content (AvgIpc) is 2.72. The summed E-state index contributed by atoms with van der Waals surface area (Å²) in [7, 11) is 1.52. The lowest BCUT2D eigenvalue weighted by molar-refractivity contribution is -0.155. The molecule has 5 heteroatoms. The molecule has 5 nitrogen and oxygen atoms in total. The Balaban J connectivity index is 2.46. The normalized spacial score (nSPS) is 16.7. The number of rotatable bonds is 4. The summed E-state index contributed by atoms with van der Waals surface area (Å²) in [6, 6.07) is 5.20. The van der Waals surface area contributed by atoms with Crippen LogP contribution in [0, 0.1) is 5.92 Å². The number of allylic oxidation sites excluding steroid dienone is 1. The molecule has 2 rings (SSSR count). The third-order valence-corrected chi connectivity index (χ3v) is 3.04. The van der Waals surface area contributed by atoms with Gasteiger partial charge in [-0.2, -0.15) is 0 Å². The number of aliphatic carboxylic acids is 2. The quantitative estimate of drug-likeness (QED) is 0.790. The monoisotopic (exact) mass is 248 g/mol. The van der Waals surface area contributed by atoms with Crippen molar-refractivity contribution in [2.45, 2.75) is 5.92 Å². The number of methoxy groups -OCH3 is 1. The van der Waals surface area contributed by atoms with Crippen LogP contribution in [0.3, 0.4) is 0 Å². The van der Waals surface area contributed by atoms with Crippen LogP contribution in [0.2, 0.25) is 0 Å². The third-order valence-electron chi connectivity index (χ3n) is 3.04. The summed E-state index contributed by atoms with van der Waals surface area (Å²) < 4.78 is 5.16. The summed E-state index contributed by atoms with van der Waals surface area (Å²) in [4.78, 5) is 22.1. The zero-order valence-corrected chi connectivity index (χ0v) is 9.66. The first-order valence-electron chi connectivity index (χ1n) is 5.37. The van der Waals surface area contributed by atoms with Gasteiger partial charge < -0.3 is 14.9 Å². The maximum absolute atomic E-state index is 11.0. The van der Waals surface area contributed by atoms with Gasteiger partial charge in [0.2, 0.25) is 0 Å². The van der Waals surface area contributed by atoms with Crippen LogP contribution in [0.4, 0.5) is 0 Å². The van der Waals surface area contributed by atoms with Crippen molar-refractivity contribution in [3.05, 3.63) is 35.4 Å². The van der Waals surface area contributed by atoms with Gasteiger partial charge in [0.05, 0.1) is 7.11 Å². The number of hydrogen-bond donors (Lipinski definition) is 2. The summed E-state index contributed by atoms with van der Waals surface area (Å²) in [5.41, 5.74) is 1.42. The number of hydrogen-bond acceptors (Lipinski definition) is 3. The molecule has 1 aromatic rings. The Labute approximate surface area is 103 Å². The van der Waals surface area contributed by atoms with Crippen LogP contribution >= 0.6 is 0 Å². The van der Waals surface area contributed by atoms with Gasteiger partial charge >= 0.3 is 11.9 Å². The molecule has 1 aliphatic carbocycles. The van der Waals surface area contributed by atoms with E-state index in [0.29, 0.717) is 11.3 Å². The van der Waals surface area contributed by atoms with Crippen LogP contribution in [0.15, 0.2) is 24.3 Å². The zero-order valence-electron chi connectivity index (χ0n) is 9.66. The van der Waals surface area contributed by atoms with E-state index in [1.54, 1.807) is 30.4 Å². The predicted molar refractivity (Wildman–Crippen MR) is 63.5 cm³/mol. The molecule has 1 atom stereocenters. The first-order valence-corrected chi connectivity index (χ1v) is 5.37. The molecule has 0 spiro atoms. The van der Waals surface area contributed by atoms with Gasteiger partial charge in [-0.05, 0) is 11.6 Å². The molecule has 18 heavy (non-hydrogen) atoms. The molecular formula is C13H12O5. The standard InChI is InChI=1S/C13H12O5/c1-18-10-4-2-3-7-8(10)5-6-9(7)11(12(14)15)13(16)17/h2-6,9,11H,1H3,(H,14,15)(H,16,17). The molecule has 94 valence electrons. The minimum absolute atomic E-state index is 0.612.